The third kappa shape index (κ3) is 3.87. The van der Waals surface area contributed by atoms with Gasteiger partial charge >= 0.3 is 5.97 Å². The number of hydrogen-bond acceptors (Lipinski definition) is 3. The molecule has 130 valence electrons. The molecule has 1 unspecified atom stereocenters. The van der Waals surface area contributed by atoms with Gasteiger partial charge in [0.15, 0.2) is 0 Å². The topological polar surface area (TPSA) is 70.5 Å². The quantitative estimate of drug-likeness (QED) is 0.870. The van der Waals surface area contributed by atoms with E-state index in [9.17, 15) is 9.59 Å². The summed E-state index contributed by atoms with van der Waals surface area (Å²) in [5.74, 6) is -0.833. The molecule has 1 heterocycles. The number of carboxylic acid groups (broad SMARTS) is 1. The van der Waals surface area contributed by atoms with Gasteiger partial charge in [-0.1, -0.05) is 42.8 Å². The fraction of sp³-hybridized carbons (Fsp3) is 0.350. The highest BCUT2D eigenvalue weighted by molar-refractivity contribution is 5.94. The molecule has 25 heavy (non-hydrogen) atoms. The number of carboxylic acids is 1. The molecule has 0 radical (unpaired) electrons. The van der Waals surface area contributed by atoms with Gasteiger partial charge in [-0.3, -0.25) is 4.79 Å². The second-order valence-corrected chi connectivity index (χ2v) is 6.55. The van der Waals surface area contributed by atoms with Gasteiger partial charge in [0.2, 0.25) is 0 Å². The van der Waals surface area contributed by atoms with Crippen LogP contribution in [0.1, 0.15) is 58.8 Å². The lowest BCUT2D eigenvalue weighted by Gasteiger charge is -2.36. The van der Waals surface area contributed by atoms with Crippen molar-refractivity contribution in [2.75, 3.05) is 6.54 Å². The molecule has 3 rings (SSSR count). The maximum atomic E-state index is 13.1. The molecule has 1 amide bonds. The summed E-state index contributed by atoms with van der Waals surface area (Å²) in [7, 11) is 0. The van der Waals surface area contributed by atoms with Crippen LogP contribution in [-0.2, 0) is 0 Å². The molecule has 1 aromatic carbocycles. The lowest BCUT2D eigenvalue weighted by atomic mass is 9.84. The third-order valence-electron chi connectivity index (χ3n) is 4.88. The van der Waals surface area contributed by atoms with E-state index in [0.717, 1.165) is 18.4 Å². The van der Waals surface area contributed by atoms with Crippen molar-refractivity contribution in [3.05, 3.63) is 65.5 Å². The van der Waals surface area contributed by atoms with Gasteiger partial charge in [-0.15, -0.1) is 0 Å². The fourth-order valence-electron chi connectivity index (χ4n) is 3.10. The molecule has 0 saturated heterocycles. The molecule has 5 nitrogen and oxygen atoms in total. The van der Waals surface area contributed by atoms with E-state index in [4.69, 9.17) is 5.11 Å². The van der Waals surface area contributed by atoms with Crippen molar-refractivity contribution in [3.8, 4) is 0 Å². The number of carbonyl (C=O) groups is 2. The van der Waals surface area contributed by atoms with Gasteiger partial charge in [-0.25, -0.2) is 9.78 Å². The highest BCUT2D eigenvalue weighted by Gasteiger charge is 2.29. The van der Waals surface area contributed by atoms with Crippen LogP contribution in [0.5, 0.6) is 0 Å². The summed E-state index contributed by atoms with van der Waals surface area (Å²) in [4.78, 5) is 30.1. The Bertz CT molecular complexity index is 757. The average Bonchev–Trinajstić information content (AvgIpc) is 2.61. The van der Waals surface area contributed by atoms with E-state index >= 15 is 0 Å². The number of carbonyl (C=O) groups excluding carboxylic acids is 1. The van der Waals surface area contributed by atoms with Crippen LogP contribution in [0.25, 0.3) is 0 Å². The number of pyridine rings is 1. The van der Waals surface area contributed by atoms with Crippen LogP contribution in [0.3, 0.4) is 0 Å². The van der Waals surface area contributed by atoms with Crippen molar-refractivity contribution in [1.82, 2.24) is 9.88 Å². The first-order chi connectivity index (χ1) is 12.1. The number of hydrogen-bond donors (Lipinski definition) is 1. The molecule has 1 aromatic heterocycles. The number of amides is 1. The Morgan fingerprint density at radius 2 is 1.80 bits per heavy atom. The second-order valence-electron chi connectivity index (χ2n) is 6.55. The standard InChI is InChI=1S/C20H22N2O3/c1-14(16-9-3-2-4-10-16)22(13-15-7-5-8-15)19(23)17-11-6-12-18(21-17)20(24)25/h2-4,6,9-12,14-15H,5,7-8,13H2,1H3,(H,24,25). The summed E-state index contributed by atoms with van der Waals surface area (Å²) in [5, 5.41) is 9.12. The molecule has 1 aliphatic rings. The Balaban J connectivity index is 1.89. The molecule has 1 saturated carbocycles. The van der Waals surface area contributed by atoms with Crippen molar-refractivity contribution >= 4 is 11.9 Å². The molecular formula is C20H22N2O3. The molecule has 5 heteroatoms. The Morgan fingerprint density at radius 1 is 1.12 bits per heavy atom. The largest absolute Gasteiger partial charge is 0.477 e. The minimum atomic E-state index is -1.13. The van der Waals surface area contributed by atoms with E-state index in [0.29, 0.717) is 12.5 Å². The van der Waals surface area contributed by atoms with Crippen molar-refractivity contribution in [2.45, 2.75) is 32.2 Å². The predicted octanol–water partition coefficient (Wildman–Crippen LogP) is 3.78. The van der Waals surface area contributed by atoms with E-state index in [2.05, 4.69) is 4.98 Å². The zero-order valence-corrected chi connectivity index (χ0v) is 14.3. The van der Waals surface area contributed by atoms with Gasteiger partial charge in [-0.05, 0) is 43.4 Å². The van der Waals surface area contributed by atoms with Gasteiger partial charge in [0.1, 0.15) is 11.4 Å². The van der Waals surface area contributed by atoms with E-state index in [1.807, 2.05) is 42.2 Å². The maximum absolute atomic E-state index is 13.1. The molecule has 0 bridgehead atoms. The van der Waals surface area contributed by atoms with Crippen molar-refractivity contribution in [1.29, 1.82) is 0 Å². The number of aromatic nitrogens is 1. The van der Waals surface area contributed by atoms with Gasteiger partial charge < -0.3 is 10.0 Å². The van der Waals surface area contributed by atoms with Crippen LogP contribution < -0.4 is 0 Å². The minimum Gasteiger partial charge on any atom is -0.477 e. The van der Waals surface area contributed by atoms with Crippen LogP contribution in [0.4, 0.5) is 0 Å². The highest BCUT2D eigenvalue weighted by Crippen LogP contribution is 2.31. The van der Waals surface area contributed by atoms with Gasteiger partial charge in [0.05, 0.1) is 6.04 Å². The second kappa shape index (κ2) is 7.47. The Hall–Kier alpha value is -2.69. The maximum Gasteiger partial charge on any atom is 0.354 e. The highest BCUT2D eigenvalue weighted by atomic mass is 16.4. The van der Waals surface area contributed by atoms with Gasteiger partial charge in [0, 0.05) is 6.54 Å². The molecule has 1 fully saturated rings. The van der Waals surface area contributed by atoms with Gasteiger partial charge in [-0.2, -0.15) is 0 Å². The third-order valence-corrected chi connectivity index (χ3v) is 4.88. The monoisotopic (exact) mass is 338 g/mol. The van der Waals surface area contributed by atoms with Crippen molar-refractivity contribution < 1.29 is 14.7 Å². The normalized spacial score (nSPS) is 15.2. The molecular weight excluding hydrogens is 316 g/mol. The number of benzene rings is 1. The SMILES string of the molecule is CC(c1ccccc1)N(CC1CCC1)C(=O)c1cccc(C(=O)O)n1. The summed E-state index contributed by atoms with van der Waals surface area (Å²) in [6.45, 7) is 2.68. The van der Waals surface area contributed by atoms with Crippen LogP contribution in [0, 0.1) is 5.92 Å². The summed E-state index contributed by atoms with van der Waals surface area (Å²) in [6, 6.07) is 14.3. The van der Waals surface area contributed by atoms with Gasteiger partial charge in [0.25, 0.3) is 5.91 Å². The zero-order valence-electron chi connectivity index (χ0n) is 14.3. The average molecular weight is 338 g/mol. The smallest absolute Gasteiger partial charge is 0.354 e. The molecule has 1 atom stereocenters. The van der Waals surface area contributed by atoms with Crippen LogP contribution >= 0.6 is 0 Å². The Labute approximate surface area is 147 Å². The number of aromatic carboxylic acids is 1. The molecule has 1 aliphatic carbocycles. The first-order valence-electron chi connectivity index (χ1n) is 8.62. The fourth-order valence-corrected chi connectivity index (χ4v) is 3.10. The van der Waals surface area contributed by atoms with Crippen LogP contribution in [0.15, 0.2) is 48.5 Å². The summed E-state index contributed by atoms with van der Waals surface area (Å²) >= 11 is 0. The van der Waals surface area contributed by atoms with Crippen LogP contribution in [-0.4, -0.2) is 33.4 Å². The van der Waals surface area contributed by atoms with Crippen molar-refractivity contribution in [3.63, 3.8) is 0 Å². The Morgan fingerprint density at radius 3 is 2.40 bits per heavy atom. The minimum absolute atomic E-state index is 0.0930. The number of nitrogens with zero attached hydrogens (tertiary/aromatic N) is 2. The lowest BCUT2D eigenvalue weighted by molar-refractivity contribution is 0.0607. The predicted molar refractivity (Wildman–Crippen MR) is 94.4 cm³/mol. The molecule has 0 aliphatic heterocycles. The summed E-state index contributed by atoms with van der Waals surface area (Å²) < 4.78 is 0. The first kappa shape index (κ1) is 17.1. The summed E-state index contributed by atoms with van der Waals surface area (Å²) in [6.07, 6.45) is 3.47. The summed E-state index contributed by atoms with van der Waals surface area (Å²) in [5.41, 5.74) is 1.13. The first-order valence-corrected chi connectivity index (χ1v) is 8.62. The lowest BCUT2D eigenvalue weighted by Crippen LogP contribution is -2.39. The molecule has 1 N–H and O–H groups in total. The molecule has 2 aromatic rings. The Kier molecular flexibility index (Phi) is 5.12. The molecule has 0 spiro atoms. The zero-order chi connectivity index (χ0) is 17.8. The van der Waals surface area contributed by atoms with E-state index in [1.54, 1.807) is 12.1 Å². The number of rotatable bonds is 6. The van der Waals surface area contributed by atoms with E-state index < -0.39 is 5.97 Å². The van der Waals surface area contributed by atoms with Crippen LogP contribution in [0.2, 0.25) is 0 Å². The van der Waals surface area contributed by atoms with E-state index in [-0.39, 0.29) is 23.3 Å². The van der Waals surface area contributed by atoms with Crippen molar-refractivity contribution in [2.24, 2.45) is 5.92 Å². The van der Waals surface area contributed by atoms with E-state index in [1.165, 1.54) is 12.5 Å².